The SMILES string of the molecule is NC(=O)C12CC3CC(C1)C(NC(=O)c1ccc4ccccc4[n+]1[O-])C(C3)C2. The average Bonchev–Trinajstić information content (AvgIpc) is 2.64. The summed E-state index contributed by atoms with van der Waals surface area (Å²) in [6.07, 6.45) is 4.49. The summed E-state index contributed by atoms with van der Waals surface area (Å²) in [5.74, 6) is 0.565. The summed E-state index contributed by atoms with van der Waals surface area (Å²) < 4.78 is 0.714. The van der Waals surface area contributed by atoms with Crippen molar-refractivity contribution in [2.45, 2.75) is 38.1 Å². The summed E-state index contributed by atoms with van der Waals surface area (Å²) in [5, 5.41) is 16.6. The number of nitrogens with zero attached hydrogens (tertiary/aromatic N) is 1. The van der Waals surface area contributed by atoms with E-state index in [2.05, 4.69) is 5.32 Å². The monoisotopic (exact) mass is 365 g/mol. The zero-order valence-corrected chi connectivity index (χ0v) is 15.1. The van der Waals surface area contributed by atoms with Gasteiger partial charge in [0.15, 0.2) is 0 Å². The number of aromatic nitrogens is 1. The highest BCUT2D eigenvalue weighted by molar-refractivity contribution is 5.92. The van der Waals surface area contributed by atoms with Gasteiger partial charge in [-0.1, -0.05) is 12.1 Å². The zero-order valence-electron chi connectivity index (χ0n) is 15.1. The van der Waals surface area contributed by atoms with Crippen LogP contribution in [0.3, 0.4) is 0 Å². The molecule has 6 nitrogen and oxygen atoms in total. The summed E-state index contributed by atoms with van der Waals surface area (Å²) in [4.78, 5) is 25.0. The normalized spacial score (nSPS) is 33.9. The maximum atomic E-state index is 12.9. The van der Waals surface area contributed by atoms with Crippen molar-refractivity contribution in [3.63, 3.8) is 0 Å². The van der Waals surface area contributed by atoms with Crippen LogP contribution in [0, 0.1) is 28.4 Å². The van der Waals surface area contributed by atoms with Crippen LogP contribution in [0.5, 0.6) is 0 Å². The molecule has 1 aromatic heterocycles. The van der Waals surface area contributed by atoms with Gasteiger partial charge in [0.2, 0.25) is 11.4 Å². The number of fused-ring (bicyclic) bond motifs is 1. The third-order valence-corrected chi connectivity index (χ3v) is 7.12. The van der Waals surface area contributed by atoms with E-state index >= 15 is 0 Å². The van der Waals surface area contributed by atoms with Crippen molar-refractivity contribution in [3.05, 3.63) is 47.3 Å². The lowest BCUT2D eigenvalue weighted by Crippen LogP contribution is -2.62. The number of amides is 2. The Morgan fingerprint density at radius 2 is 1.78 bits per heavy atom. The Bertz CT molecular complexity index is 941. The second kappa shape index (κ2) is 5.68. The van der Waals surface area contributed by atoms with Gasteiger partial charge in [-0.15, -0.1) is 0 Å². The largest absolute Gasteiger partial charge is 0.618 e. The highest BCUT2D eigenvalue weighted by Crippen LogP contribution is 2.59. The van der Waals surface area contributed by atoms with Crippen LogP contribution in [-0.4, -0.2) is 17.9 Å². The van der Waals surface area contributed by atoms with E-state index in [0.29, 0.717) is 16.2 Å². The van der Waals surface area contributed by atoms with Gasteiger partial charge < -0.3 is 16.3 Å². The molecule has 4 aliphatic rings. The van der Waals surface area contributed by atoms with E-state index in [1.54, 1.807) is 24.3 Å². The van der Waals surface area contributed by atoms with Crippen LogP contribution in [0.2, 0.25) is 0 Å². The molecule has 27 heavy (non-hydrogen) atoms. The number of pyridine rings is 1. The lowest BCUT2D eigenvalue weighted by Gasteiger charge is -2.58. The highest BCUT2D eigenvalue weighted by Gasteiger charge is 2.58. The summed E-state index contributed by atoms with van der Waals surface area (Å²) >= 11 is 0. The van der Waals surface area contributed by atoms with Gasteiger partial charge in [0.1, 0.15) is 0 Å². The minimum Gasteiger partial charge on any atom is -0.618 e. The molecule has 2 unspecified atom stereocenters. The lowest BCUT2D eigenvalue weighted by atomic mass is 9.47. The van der Waals surface area contributed by atoms with Crippen molar-refractivity contribution in [2.75, 3.05) is 0 Å². The van der Waals surface area contributed by atoms with Gasteiger partial charge in [0.25, 0.3) is 5.69 Å². The molecule has 1 heterocycles. The van der Waals surface area contributed by atoms with Crippen LogP contribution in [0.1, 0.15) is 42.6 Å². The topological polar surface area (TPSA) is 99.1 Å². The summed E-state index contributed by atoms with van der Waals surface area (Å²) in [5.41, 5.74) is 5.96. The molecule has 6 heteroatoms. The Labute approximate surface area is 157 Å². The van der Waals surface area contributed by atoms with Crippen LogP contribution in [0.15, 0.2) is 36.4 Å². The standard InChI is InChI=1S/C21H23N3O3/c22-20(26)21-9-12-7-14(10-21)18(15(8-12)11-21)23-19(25)17-6-5-13-3-1-2-4-16(13)24(17)27/h1-6,12,14-15,18H,7-11H2,(H2,22,26)(H,23,25). The second-order valence-corrected chi connectivity index (χ2v) is 8.69. The number of hydrogen-bond acceptors (Lipinski definition) is 3. The van der Waals surface area contributed by atoms with E-state index < -0.39 is 0 Å². The smallest absolute Gasteiger partial charge is 0.317 e. The first-order chi connectivity index (χ1) is 13.0. The molecule has 0 radical (unpaired) electrons. The Hall–Kier alpha value is -2.63. The van der Waals surface area contributed by atoms with E-state index in [9.17, 15) is 14.8 Å². The Morgan fingerprint density at radius 1 is 1.07 bits per heavy atom. The molecule has 0 aliphatic heterocycles. The van der Waals surface area contributed by atoms with Gasteiger partial charge in [-0.2, -0.15) is 4.73 Å². The van der Waals surface area contributed by atoms with Crippen LogP contribution >= 0.6 is 0 Å². The summed E-state index contributed by atoms with van der Waals surface area (Å²) in [6, 6.07) is 10.6. The number of para-hydroxylation sites is 1. The molecule has 0 spiro atoms. The molecule has 4 fully saturated rings. The first-order valence-corrected chi connectivity index (χ1v) is 9.69. The molecule has 140 valence electrons. The number of benzene rings is 1. The van der Waals surface area contributed by atoms with Gasteiger partial charge in [0.05, 0.1) is 0 Å². The van der Waals surface area contributed by atoms with Gasteiger partial charge in [-0.05, 0) is 62.0 Å². The van der Waals surface area contributed by atoms with E-state index in [1.807, 2.05) is 12.1 Å². The Balaban J connectivity index is 1.41. The minimum absolute atomic E-state index is 0.0213. The van der Waals surface area contributed by atoms with E-state index in [4.69, 9.17) is 5.73 Å². The van der Waals surface area contributed by atoms with E-state index in [1.165, 1.54) is 0 Å². The average molecular weight is 365 g/mol. The zero-order chi connectivity index (χ0) is 18.8. The molecule has 3 N–H and O–H groups in total. The number of carbonyl (C=O) groups excluding carboxylic acids is 2. The fourth-order valence-electron chi connectivity index (χ4n) is 6.13. The maximum Gasteiger partial charge on any atom is 0.317 e. The molecule has 4 aliphatic carbocycles. The first-order valence-electron chi connectivity index (χ1n) is 9.69. The molecule has 0 saturated heterocycles. The first kappa shape index (κ1) is 16.5. The van der Waals surface area contributed by atoms with Gasteiger partial charge >= 0.3 is 5.91 Å². The predicted octanol–water partition coefficient (Wildman–Crippen LogP) is 1.88. The lowest BCUT2D eigenvalue weighted by molar-refractivity contribution is -0.579. The van der Waals surface area contributed by atoms with E-state index in [-0.39, 0.29) is 40.8 Å². The minimum atomic E-state index is -0.376. The molecule has 2 amide bonds. The molecule has 4 bridgehead atoms. The van der Waals surface area contributed by atoms with Gasteiger partial charge in [-0.25, -0.2) is 0 Å². The number of nitrogens with two attached hydrogens (primary N) is 1. The Kier molecular flexibility index (Phi) is 3.48. The fourth-order valence-corrected chi connectivity index (χ4v) is 6.13. The second-order valence-electron chi connectivity index (χ2n) is 8.69. The van der Waals surface area contributed by atoms with Crippen molar-refractivity contribution in [1.82, 2.24) is 5.32 Å². The quantitative estimate of drug-likeness (QED) is 0.642. The molecule has 4 saturated carbocycles. The van der Waals surface area contributed by atoms with Crippen molar-refractivity contribution in [3.8, 4) is 0 Å². The summed E-state index contributed by atoms with van der Waals surface area (Å²) in [6.45, 7) is 0. The van der Waals surface area contributed by atoms with Crippen molar-refractivity contribution < 1.29 is 14.3 Å². The number of hydrogen-bond donors (Lipinski definition) is 2. The predicted molar refractivity (Wildman–Crippen MR) is 99.3 cm³/mol. The molecule has 2 aromatic rings. The number of primary amides is 1. The maximum absolute atomic E-state index is 12.9. The summed E-state index contributed by atoms with van der Waals surface area (Å²) in [7, 11) is 0. The third kappa shape index (κ3) is 2.42. The van der Waals surface area contributed by atoms with Gasteiger partial charge in [0, 0.05) is 29.0 Å². The molecule has 6 rings (SSSR count). The van der Waals surface area contributed by atoms with Crippen molar-refractivity contribution >= 4 is 22.7 Å². The highest BCUT2D eigenvalue weighted by atomic mass is 16.5. The van der Waals surface area contributed by atoms with Crippen molar-refractivity contribution in [1.29, 1.82) is 0 Å². The van der Waals surface area contributed by atoms with Gasteiger partial charge in [-0.3, -0.25) is 9.59 Å². The van der Waals surface area contributed by atoms with Crippen LogP contribution in [0.25, 0.3) is 10.9 Å². The molecular weight excluding hydrogens is 342 g/mol. The van der Waals surface area contributed by atoms with Crippen LogP contribution in [-0.2, 0) is 4.79 Å². The Morgan fingerprint density at radius 3 is 2.48 bits per heavy atom. The molecule has 1 aromatic carbocycles. The third-order valence-electron chi connectivity index (χ3n) is 7.12. The van der Waals surface area contributed by atoms with Crippen LogP contribution in [0.4, 0.5) is 0 Å². The fraction of sp³-hybridized carbons (Fsp3) is 0.476. The number of nitrogens with one attached hydrogen (secondary N) is 1. The number of rotatable bonds is 3. The van der Waals surface area contributed by atoms with Crippen LogP contribution < -0.4 is 15.8 Å². The van der Waals surface area contributed by atoms with E-state index in [0.717, 1.165) is 37.5 Å². The molecular formula is C21H23N3O3. The van der Waals surface area contributed by atoms with Crippen molar-refractivity contribution in [2.24, 2.45) is 28.9 Å². The molecule has 2 atom stereocenters. The number of carbonyl (C=O) groups is 2.